The number of aryl methyl sites for hydroxylation is 1. The standard InChI is InChI=1S/C17H14ClNO4S/c1-7-3-9(6-24-7)16(22)15-14-10(4-13(20)21)8(2)19-12(14)5-11(18)17(15)23/h3,6,23H,4-5H2,1-2H3,(H,20,21). The van der Waals surface area contributed by atoms with Gasteiger partial charge in [-0.2, -0.15) is 0 Å². The molecule has 1 aliphatic carbocycles. The molecule has 1 aliphatic heterocycles. The summed E-state index contributed by atoms with van der Waals surface area (Å²) in [5.74, 6) is -1.70. The molecule has 0 atom stereocenters. The van der Waals surface area contributed by atoms with Crippen LogP contribution in [0.25, 0.3) is 0 Å². The van der Waals surface area contributed by atoms with Gasteiger partial charge >= 0.3 is 5.97 Å². The first-order valence-electron chi connectivity index (χ1n) is 7.21. The molecule has 2 heterocycles. The lowest BCUT2D eigenvalue weighted by Crippen LogP contribution is -2.19. The maximum Gasteiger partial charge on any atom is 0.307 e. The number of fused-ring (bicyclic) bond motifs is 1. The Morgan fingerprint density at radius 1 is 1.38 bits per heavy atom. The number of Topliss-reactive ketones (excluding diaryl/α,β-unsaturated/α-hetero) is 1. The van der Waals surface area contributed by atoms with Gasteiger partial charge in [0.25, 0.3) is 0 Å². The third-order valence-corrected chi connectivity index (χ3v) is 5.12. The number of carbonyl (C=O) groups excluding carboxylic acids is 1. The van der Waals surface area contributed by atoms with Crippen LogP contribution in [0.3, 0.4) is 0 Å². The Kier molecular flexibility index (Phi) is 4.19. The van der Waals surface area contributed by atoms with Crippen LogP contribution < -0.4 is 0 Å². The summed E-state index contributed by atoms with van der Waals surface area (Å²) in [7, 11) is 0. The zero-order valence-corrected chi connectivity index (χ0v) is 14.6. The number of allylic oxidation sites excluding steroid dienone is 4. The Balaban J connectivity index is 2.20. The van der Waals surface area contributed by atoms with E-state index in [9.17, 15) is 14.7 Å². The van der Waals surface area contributed by atoms with E-state index in [4.69, 9.17) is 16.7 Å². The Bertz CT molecular complexity index is 901. The second-order valence-electron chi connectivity index (χ2n) is 5.65. The smallest absolute Gasteiger partial charge is 0.307 e. The number of nitrogens with zero attached hydrogens (tertiary/aromatic N) is 1. The van der Waals surface area contributed by atoms with E-state index in [0.29, 0.717) is 28.1 Å². The van der Waals surface area contributed by atoms with Crippen LogP contribution in [0.15, 0.2) is 49.6 Å². The molecule has 0 amide bonds. The number of hydrogen-bond acceptors (Lipinski definition) is 5. The van der Waals surface area contributed by atoms with Gasteiger partial charge in [-0.25, -0.2) is 0 Å². The number of aliphatic hydroxyl groups is 1. The van der Waals surface area contributed by atoms with Gasteiger partial charge in [-0.3, -0.25) is 14.6 Å². The number of carbonyl (C=O) groups is 2. The SMILES string of the molecule is CC1=C(CC(=O)O)C2=C(C(=O)c3csc(C)c3)C(O)=C(Cl)CC2=N1. The van der Waals surface area contributed by atoms with Gasteiger partial charge < -0.3 is 10.2 Å². The van der Waals surface area contributed by atoms with E-state index in [-0.39, 0.29) is 35.0 Å². The predicted molar refractivity (Wildman–Crippen MR) is 92.9 cm³/mol. The third kappa shape index (κ3) is 2.72. The first-order chi connectivity index (χ1) is 11.3. The van der Waals surface area contributed by atoms with Gasteiger partial charge in [0, 0.05) is 33.5 Å². The predicted octanol–water partition coefficient (Wildman–Crippen LogP) is 4.15. The van der Waals surface area contributed by atoms with Crippen LogP contribution in [0.1, 0.15) is 35.0 Å². The van der Waals surface area contributed by atoms with Crippen molar-refractivity contribution in [1.29, 1.82) is 0 Å². The van der Waals surface area contributed by atoms with Crippen LogP contribution in [0.5, 0.6) is 0 Å². The maximum absolute atomic E-state index is 12.9. The molecule has 0 saturated carbocycles. The van der Waals surface area contributed by atoms with Crippen LogP contribution >= 0.6 is 22.9 Å². The van der Waals surface area contributed by atoms with Crippen molar-refractivity contribution in [3.63, 3.8) is 0 Å². The number of halogens is 1. The maximum atomic E-state index is 12.9. The highest BCUT2D eigenvalue weighted by Gasteiger charge is 2.36. The molecule has 2 N–H and O–H groups in total. The summed E-state index contributed by atoms with van der Waals surface area (Å²) in [6.07, 6.45) is -0.0822. The molecular formula is C17H14ClNO4S. The zero-order valence-electron chi connectivity index (χ0n) is 13.0. The lowest BCUT2D eigenvalue weighted by atomic mass is 9.85. The van der Waals surface area contributed by atoms with Crippen molar-refractivity contribution in [2.75, 3.05) is 0 Å². The van der Waals surface area contributed by atoms with Gasteiger partial charge in [-0.15, -0.1) is 11.3 Å². The second-order valence-corrected chi connectivity index (χ2v) is 7.22. The second kappa shape index (κ2) is 6.03. The average molecular weight is 364 g/mol. The summed E-state index contributed by atoms with van der Waals surface area (Å²) in [5.41, 5.74) is 2.40. The lowest BCUT2D eigenvalue weighted by Gasteiger charge is -2.19. The molecule has 7 heteroatoms. The van der Waals surface area contributed by atoms with E-state index in [1.807, 2.05) is 6.92 Å². The van der Waals surface area contributed by atoms with E-state index >= 15 is 0 Å². The molecule has 0 radical (unpaired) electrons. The molecular weight excluding hydrogens is 350 g/mol. The number of rotatable bonds is 4. The van der Waals surface area contributed by atoms with Crippen molar-refractivity contribution in [2.45, 2.75) is 26.7 Å². The average Bonchev–Trinajstić information content (AvgIpc) is 3.05. The molecule has 0 bridgehead atoms. The molecule has 124 valence electrons. The molecule has 0 saturated heterocycles. The molecule has 1 aromatic rings. The summed E-state index contributed by atoms with van der Waals surface area (Å²) in [4.78, 5) is 29.4. The molecule has 0 spiro atoms. The van der Waals surface area contributed by atoms with Gasteiger partial charge in [0.1, 0.15) is 5.76 Å². The van der Waals surface area contributed by atoms with E-state index in [1.54, 1.807) is 18.4 Å². The van der Waals surface area contributed by atoms with Crippen LogP contribution in [-0.4, -0.2) is 27.7 Å². The fourth-order valence-corrected chi connectivity index (χ4v) is 3.79. The largest absolute Gasteiger partial charge is 0.506 e. The van der Waals surface area contributed by atoms with Crippen LogP contribution in [0.2, 0.25) is 0 Å². The highest BCUT2D eigenvalue weighted by atomic mass is 35.5. The fourth-order valence-electron chi connectivity index (χ4n) is 2.88. The van der Waals surface area contributed by atoms with Crippen molar-refractivity contribution in [1.82, 2.24) is 0 Å². The quantitative estimate of drug-likeness (QED) is 0.786. The summed E-state index contributed by atoms with van der Waals surface area (Å²) >= 11 is 7.52. The van der Waals surface area contributed by atoms with Crippen LogP contribution in [0.4, 0.5) is 0 Å². The Morgan fingerprint density at radius 2 is 2.08 bits per heavy atom. The molecule has 3 rings (SSSR count). The Labute approximate surface area is 147 Å². The molecule has 0 aromatic carbocycles. The minimum Gasteiger partial charge on any atom is -0.506 e. The summed E-state index contributed by atoms with van der Waals surface area (Å²) in [6, 6.07) is 1.73. The first-order valence-corrected chi connectivity index (χ1v) is 8.47. The molecule has 5 nitrogen and oxygen atoms in total. The van der Waals surface area contributed by atoms with Crippen molar-refractivity contribution < 1.29 is 19.8 Å². The van der Waals surface area contributed by atoms with Crippen molar-refractivity contribution in [3.05, 3.63) is 55.1 Å². The van der Waals surface area contributed by atoms with Crippen LogP contribution in [-0.2, 0) is 4.79 Å². The normalized spacial score (nSPS) is 17.4. The molecule has 0 unspecified atom stereocenters. The van der Waals surface area contributed by atoms with E-state index in [0.717, 1.165) is 4.88 Å². The fraction of sp³-hybridized carbons (Fsp3) is 0.235. The number of carboxylic acids is 1. The lowest BCUT2D eigenvalue weighted by molar-refractivity contribution is -0.136. The third-order valence-electron chi connectivity index (χ3n) is 3.94. The molecule has 1 aromatic heterocycles. The highest BCUT2D eigenvalue weighted by molar-refractivity contribution is 7.10. The van der Waals surface area contributed by atoms with E-state index < -0.39 is 5.97 Å². The Morgan fingerprint density at radius 3 is 2.67 bits per heavy atom. The minimum absolute atomic E-state index is 0.0379. The molecule has 24 heavy (non-hydrogen) atoms. The highest BCUT2D eigenvalue weighted by Crippen LogP contribution is 2.41. The summed E-state index contributed by atoms with van der Waals surface area (Å²) in [5, 5.41) is 21.4. The van der Waals surface area contributed by atoms with Gasteiger partial charge in [0.2, 0.25) is 0 Å². The van der Waals surface area contributed by atoms with E-state index in [1.165, 1.54) is 11.3 Å². The number of hydrogen-bond donors (Lipinski definition) is 2. The zero-order chi connectivity index (χ0) is 17.6. The summed E-state index contributed by atoms with van der Waals surface area (Å²) < 4.78 is 0. The van der Waals surface area contributed by atoms with Gasteiger partial charge in [0.05, 0.1) is 22.7 Å². The van der Waals surface area contributed by atoms with Crippen molar-refractivity contribution in [3.8, 4) is 0 Å². The first kappa shape index (κ1) is 16.7. The Hall–Kier alpha value is -2.18. The number of ketones is 1. The van der Waals surface area contributed by atoms with E-state index in [2.05, 4.69) is 4.99 Å². The van der Waals surface area contributed by atoms with Crippen LogP contribution in [0, 0.1) is 6.92 Å². The monoisotopic (exact) mass is 363 g/mol. The van der Waals surface area contributed by atoms with Gasteiger partial charge in [-0.05, 0) is 25.5 Å². The molecule has 0 fully saturated rings. The number of aliphatic hydroxyl groups excluding tert-OH is 1. The number of carboxylic acid groups (broad SMARTS) is 1. The van der Waals surface area contributed by atoms with Gasteiger partial charge in [0.15, 0.2) is 5.78 Å². The minimum atomic E-state index is -1.02. The van der Waals surface area contributed by atoms with Crippen molar-refractivity contribution in [2.24, 2.45) is 4.99 Å². The number of aliphatic imine (C=N–C) groups is 1. The molecule has 2 aliphatic rings. The van der Waals surface area contributed by atoms with Gasteiger partial charge in [-0.1, -0.05) is 11.6 Å². The van der Waals surface area contributed by atoms with Crippen molar-refractivity contribution >= 4 is 40.4 Å². The topological polar surface area (TPSA) is 87.0 Å². The summed E-state index contributed by atoms with van der Waals surface area (Å²) in [6.45, 7) is 3.57. The number of aliphatic carboxylic acids is 1. The number of thiophene rings is 1.